The third-order valence-corrected chi connectivity index (χ3v) is 3.97. The molecule has 130 valence electrons. The lowest BCUT2D eigenvalue weighted by atomic mass is 10.3. The Morgan fingerprint density at radius 3 is 2.62 bits per heavy atom. The van der Waals surface area contributed by atoms with E-state index >= 15 is 0 Å². The Balaban J connectivity index is 0.00000208. The number of halogens is 1. The van der Waals surface area contributed by atoms with Gasteiger partial charge in [0, 0.05) is 32.0 Å². The molecule has 0 atom stereocenters. The van der Waals surface area contributed by atoms with Crippen LogP contribution in [0.15, 0.2) is 29.4 Å². The first kappa shape index (κ1) is 18.7. The number of aryl methyl sites for hydroxylation is 2. The number of nitrogens with zero attached hydrogens (tertiary/aromatic N) is 4. The van der Waals surface area contributed by atoms with Crippen molar-refractivity contribution in [2.24, 2.45) is 10.9 Å². The largest absolute Gasteiger partial charge is 0.356 e. The molecule has 1 aliphatic carbocycles. The minimum Gasteiger partial charge on any atom is -0.356 e. The number of aliphatic imine (C=N–C) groups is 1. The Morgan fingerprint density at radius 1 is 1.29 bits per heavy atom. The molecule has 6 nitrogen and oxygen atoms in total. The van der Waals surface area contributed by atoms with Crippen molar-refractivity contribution in [3.63, 3.8) is 0 Å². The highest BCUT2D eigenvalue weighted by molar-refractivity contribution is 14.0. The Bertz CT molecular complexity index is 688. The van der Waals surface area contributed by atoms with Crippen molar-refractivity contribution in [2.75, 3.05) is 13.6 Å². The van der Waals surface area contributed by atoms with Crippen molar-refractivity contribution in [3.8, 4) is 5.82 Å². The molecule has 1 saturated carbocycles. The third kappa shape index (κ3) is 4.93. The molecule has 0 aliphatic heterocycles. The van der Waals surface area contributed by atoms with E-state index in [1.54, 1.807) is 7.05 Å². The smallest absolute Gasteiger partial charge is 0.191 e. The van der Waals surface area contributed by atoms with Gasteiger partial charge in [0.15, 0.2) is 11.8 Å². The van der Waals surface area contributed by atoms with E-state index < -0.39 is 0 Å². The molecule has 0 bridgehead atoms. The van der Waals surface area contributed by atoms with E-state index in [2.05, 4.69) is 31.8 Å². The van der Waals surface area contributed by atoms with Crippen LogP contribution >= 0.6 is 24.0 Å². The van der Waals surface area contributed by atoms with Crippen LogP contribution in [0.1, 0.15) is 29.8 Å². The van der Waals surface area contributed by atoms with Crippen molar-refractivity contribution in [1.29, 1.82) is 0 Å². The summed E-state index contributed by atoms with van der Waals surface area (Å²) < 4.78 is 1.86. The number of guanidine groups is 1. The summed E-state index contributed by atoms with van der Waals surface area (Å²) in [5, 5.41) is 11.1. The minimum atomic E-state index is 0. The molecule has 2 N–H and O–H groups in total. The van der Waals surface area contributed by atoms with E-state index in [0.29, 0.717) is 6.54 Å². The highest BCUT2D eigenvalue weighted by Crippen LogP contribution is 2.27. The quantitative estimate of drug-likeness (QED) is 0.426. The zero-order valence-electron chi connectivity index (χ0n) is 14.4. The SMILES string of the molecule is CN=C(NCc1ccc(-n2nc(C)cc2C)nc1)NCC1CC1.I. The summed E-state index contributed by atoms with van der Waals surface area (Å²) in [6.45, 7) is 5.73. The summed E-state index contributed by atoms with van der Waals surface area (Å²) >= 11 is 0. The van der Waals surface area contributed by atoms with Crippen LogP contribution in [0.5, 0.6) is 0 Å². The van der Waals surface area contributed by atoms with Crippen molar-refractivity contribution < 1.29 is 0 Å². The predicted octanol–water partition coefficient (Wildman–Crippen LogP) is 2.58. The molecule has 1 fully saturated rings. The van der Waals surface area contributed by atoms with Gasteiger partial charge in [-0.05, 0) is 50.3 Å². The number of hydrogen-bond donors (Lipinski definition) is 2. The van der Waals surface area contributed by atoms with Crippen LogP contribution in [-0.4, -0.2) is 34.3 Å². The predicted molar refractivity (Wildman–Crippen MR) is 107 cm³/mol. The van der Waals surface area contributed by atoms with Crippen LogP contribution in [-0.2, 0) is 6.54 Å². The van der Waals surface area contributed by atoms with E-state index in [-0.39, 0.29) is 24.0 Å². The zero-order chi connectivity index (χ0) is 16.2. The second-order valence-electron chi connectivity index (χ2n) is 6.11. The molecule has 0 saturated heterocycles. The van der Waals surface area contributed by atoms with Crippen LogP contribution in [0.25, 0.3) is 5.82 Å². The number of nitrogens with one attached hydrogen (secondary N) is 2. The molecule has 0 radical (unpaired) electrons. The lowest BCUT2D eigenvalue weighted by Crippen LogP contribution is -2.37. The Morgan fingerprint density at radius 2 is 2.08 bits per heavy atom. The first-order chi connectivity index (χ1) is 11.2. The van der Waals surface area contributed by atoms with E-state index in [1.807, 2.05) is 36.9 Å². The van der Waals surface area contributed by atoms with Gasteiger partial charge in [0.25, 0.3) is 0 Å². The molecule has 0 amide bonds. The summed E-state index contributed by atoms with van der Waals surface area (Å²) in [6.07, 6.45) is 4.55. The second kappa shape index (κ2) is 8.46. The minimum absolute atomic E-state index is 0. The fourth-order valence-corrected chi connectivity index (χ4v) is 2.48. The van der Waals surface area contributed by atoms with E-state index in [4.69, 9.17) is 0 Å². The number of pyridine rings is 1. The van der Waals surface area contributed by atoms with Gasteiger partial charge in [0.1, 0.15) is 0 Å². The maximum Gasteiger partial charge on any atom is 0.191 e. The Hall–Kier alpha value is -1.64. The maximum absolute atomic E-state index is 4.51. The average Bonchev–Trinajstić information content (AvgIpc) is 3.32. The normalized spacial score (nSPS) is 14.2. The molecule has 2 aromatic heterocycles. The van der Waals surface area contributed by atoms with E-state index in [1.165, 1.54) is 12.8 Å². The molecule has 3 rings (SSSR count). The summed E-state index contributed by atoms with van der Waals surface area (Å²) in [5.41, 5.74) is 3.20. The fraction of sp³-hybridized carbons (Fsp3) is 0.471. The summed E-state index contributed by atoms with van der Waals surface area (Å²) in [7, 11) is 1.80. The molecular weight excluding hydrogens is 415 g/mol. The lowest BCUT2D eigenvalue weighted by Gasteiger charge is -2.11. The van der Waals surface area contributed by atoms with Crippen molar-refractivity contribution in [1.82, 2.24) is 25.4 Å². The molecule has 2 aromatic rings. The summed E-state index contributed by atoms with van der Waals surface area (Å²) in [4.78, 5) is 8.75. The first-order valence-corrected chi connectivity index (χ1v) is 8.09. The Kier molecular flexibility index (Phi) is 6.59. The second-order valence-corrected chi connectivity index (χ2v) is 6.11. The Labute approximate surface area is 160 Å². The van der Waals surface area contributed by atoms with Gasteiger partial charge in [0.05, 0.1) is 5.69 Å². The van der Waals surface area contributed by atoms with Gasteiger partial charge in [-0.15, -0.1) is 24.0 Å². The van der Waals surface area contributed by atoms with Gasteiger partial charge in [-0.2, -0.15) is 5.10 Å². The summed E-state index contributed by atoms with van der Waals surface area (Å²) in [5.74, 6) is 2.52. The van der Waals surface area contributed by atoms with Crippen LogP contribution in [0, 0.1) is 19.8 Å². The van der Waals surface area contributed by atoms with Crippen LogP contribution in [0.2, 0.25) is 0 Å². The van der Waals surface area contributed by atoms with Crippen molar-refractivity contribution >= 4 is 29.9 Å². The topological polar surface area (TPSA) is 67.1 Å². The van der Waals surface area contributed by atoms with Crippen LogP contribution < -0.4 is 10.6 Å². The van der Waals surface area contributed by atoms with E-state index in [9.17, 15) is 0 Å². The molecule has 0 aromatic carbocycles. The van der Waals surface area contributed by atoms with Crippen molar-refractivity contribution in [3.05, 3.63) is 41.3 Å². The van der Waals surface area contributed by atoms with Gasteiger partial charge in [-0.25, -0.2) is 9.67 Å². The molecule has 0 unspecified atom stereocenters. The third-order valence-electron chi connectivity index (χ3n) is 3.97. The lowest BCUT2D eigenvalue weighted by molar-refractivity contribution is 0.736. The number of rotatable bonds is 5. The standard InChI is InChI=1S/C17H24N6.HI/c1-12-8-13(2)23(22-12)16-7-6-15(10-19-16)11-21-17(18-3)20-9-14-4-5-14;/h6-8,10,14H,4-5,9,11H2,1-3H3,(H2,18,20,21);1H. The van der Waals surface area contributed by atoms with E-state index in [0.717, 1.165) is 41.2 Å². The molecule has 24 heavy (non-hydrogen) atoms. The van der Waals surface area contributed by atoms with Gasteiger partial charge in [0.2, 0.25) is 0 Å². The van der Waals surface area contributed by atoms with Gasteiger partial charge in [-0.3, -0.25) is 4.99 Å². The molecule has 0 spiro atoms. The maximum atomic E-state index is 4.51. The number of aromatic nitrogens is 3. The van der Waals surface area contributed by atoms with Crippen molar-refractivity contribution in [2.45, 2.75) is 33.2 Å². The highest BCUT2D eigenvalue weighted by atomic mass is 127. The van der Waals surface area contributed by atoms with Gasteiger partial charge in [-0.1, -0.05) is 6.07 Å². The zero-order valence-corrected chi connectivity index (χ0v) is 16.7. The van der Waals surface area contributed by atoms with Crippen LogP contribution in [0.4, 0.5) is 0 Å². The molecule has 2 heterocycles. The first-order valence-electron chi connectivity index (χ1n) is 8.09. The average molecular weight is 440 g/mol. The van der Waals surface area contributed by atoms with Crippen LogP contribution in [0.3, 0.4) is 0 Å². The highest BCUT2D eigenvalue weighted by Gasteiger charge is 2.20. The fourth-order valence-electron chi connectivity index (χ4n) is 2.48. The molecule has 7 heteroatoms. The molecular formula is C17H25IN6. The number of hydrogen-bond acceptors (Lipinski definition) is 3. The summed E-state index contributed by atoms with van der Waals surface area (Å²) in [6, 6.07) is 6.11. The molecule has 1 aliphatic rings. The monoisotopic (exact) mass is 440 g/mol. The van der Waals surface area contributed by atoms with Gasteiger partial charge >= 0.3 is 0 Å². The van der Waals surface area contributed by atoms with Gasteiger partial charge < -0.3 is 10.6 Å².